The number of unbranched alkanes of at least 4 members (excludes halogenated alkanes) is 20. The Morgan fingerprint density at radius 1 is 0.531 bits per heavy atom. The monoisotopic (exact) mass is 479 g/mol. The van der Waals surface area contributed by atoms with Crippen molar-refractivity contribution in [2.75, 3.05) is 13.2 Å². The number of rotatable bonds is 24. The number of phosphoric ester groups is 1. The smallest absolute Gasteiger partial charge is 0.330 e. The summed E-state index contributed by atoms with van der Waals surface area (Å²) in [6.45, 7) is 5.54. The Labute approximate surface area is 200 Å². The standard InChI is InChI=1S/C18H39O4P.C8H19N/c1-2-3-4-5-6-7-8-9-10-11-12-13-14-15-16-17-18-22-23(19,20)21;1-2-3-4-5-6-7-8-9/h2-18H2,1H3,(H2,19,20,21);2-9H2,1H3. The third kappa shape index (κ3) is 37.4. The van der Waals surface area contributed by atoms with Gasteiger partial charge in [0.1, 0.15) is 0 Å². The first-order valence-corrected chi connectivity index (χ1v) is 15.4. The molecule has 5 nitrogen and oxygen atoms in total. The molecule has 0 aliphatic carbocycles. The lowest BCUT2D eigenvalue weighted by Gasteiger charge is -2.05. The molecule has 32 heavy (non-hydrogen) atoms. The van der Waals surface area contributed by atoms with Gasteiger partial charge in [0.2, 0.25) is 0 Å². The summed E-state index contributed by atoms with van der Waals surface area (Å²) in [6.07, 6.45) is 28.7. The van der Waals surface area contributed by atoms with Gasteiger partial charge < -0.3 is 15.5 Å². The molecule has 0 aromatic rings. The maximum absolute atomic E-state index is 10.5. The minimum Gasteiger partial charge on any atom is -0.330 e. The fraction of sp³-hybridized carbons (Fsp3) is 1.00. The van der Waals surface area contributed by atoms with E-state index in [4.69, 9.17) is 15.5 Å². The molecule has 0 heterocycles. The lowest BCUT2D eigenvalue weighted by atomic mass is 10.0. The highest BCUT2D eigenvalue weighted by Gasteiger charge is 2.12. The molecule has 0 atom stereocenters. The molecule has 0 spiro atoms. The lowest BCUT2D eigenvalue weighted by Crippen LogP contribution is -1.97. The molecule has 0 saturated heterocycles. The van der Waals surface area contributed by atoms with Crippen molar-refractivity contribution in [2.45, 2.75) is 155 Å². The van der Waals surface area contributed by atoms with Gasteiger partial charge in [-0.15, -0.1) is 0 Å². The van der Waals surface area contributed by atoms with E-state index >= 15 is 0 Å². The van der Waals surface area contributed by atoms with Crippen LogP contribution in [0.5, 0.6) is 0 Å². The van der Waals surface area contributed by atoms with Gasteiger partial charge in [-0.1, -0.05) is 142 Å². The van der Waals surface area contributed by atoms with E-state index in [1.54, 1.807) is 0 Å². The molecular formula is C26H58NO4P. The zero-order valence-electron chi connectivity index (χ0n) is 21.7. The molecule has 0 saturated carbocycles. The van der Waals surface area contributed by atoms with Gasteiger partial charge in [-0.2, -0.15) is 0 Å². The van der Waals surface area contributed by atoms with Gasteiger partial charge in [-0.25, -0.2) is 4.57 Å². The van der Waals surface area contributed by atoms with E-state index in [2.05, 4.69) is 18.4 Å². The highest BCUT2D eigenvalue weighted by molar-refractivity contribution is 7.46. The quantitative estimate of drug-likeness (QED) is 0.0951. The van der Waals surface area contributed by atoms with E-state index in [1.165, 1.54) is 122 Å². The van der Waals surface area contributed by atoms with Crippen molar-refractivity contribution < 1.29 is 18.9 Å². The number of hydrogen-bond donors (Lipinski definition) is 3. The van der Waals surface area contributed by atoms with Crippen molar-refractivity contribution in [1.82, 2.24) is 0 Å². The van der Waals surface area contributed by atoms with Crippen LogP contribution in [0.15, 0.2) is 0 Å². The third-order valence-corrected chi connectivity index (χ3v) is 6.33. The maximum atomic E-state index is 10.5. The van der Waals surface area contributed by atoms with Crippen LogP contribution >= 0.6 is 7.82 Å². The van der Waals surface area contributed by atoms with Crippen LogP contribution < -0.4 is 5.73 Å². The molecule has 0 aliphatic heterocycles. The number of phosphoric acid groups is 1. The average Bonchev–Trinajstić information content (AvgIpc) is 2.75. The second-order valence-electron chi connectivity index (χ2n) is 9.18. The molecule has 0 amide bonds. The highest BCUT2D eigenvalue weighted by Crippen LogP contribution is 2.35. The van der Waals surface area contributed by atoms with Crippen molar-refractivity contribution >= 4 is 7.82 Å². The second kappa shape index (κ2) is 29.1. The van der Waals surface area contributed by atoms with Crippen molar-refractivity contribution in [2.24, 2.45) is 5.73 Å². The minimum atomic E-state index is -4.26. The van der Waals surface area contributed by atoms with E-state index < -0.39 is 7.82 Å². The van der Waals surface area contributed by atoms with Crippen LogP contribution in [0.3, 0.4) is 0 Å². The molecule has 0 fully saturated rings. The van der Waals surface area contributed by atoms with Gasteiger partial charge in [0.15, 0.2) is 0 Å². The maximum Gasteiger partial charge on any atom is 0.469 e. The van der Waals surface area contributed by atoms with Crippen molar-refractivity contribution in [3.05, 3.63) is 0 Å². The van der Waals surface area contributed by atoms with Crippen LogP contribution in [0.4, 0.5) is 0 Å². The largest absolute Gasteiger partial charge is 0.469 e. The first kappa shape index (κ1) is 34.2. The molecule has 196 valence electrons. The van der Waals surface area contributed by atoms with E-state index in [1.807, 2.05) is 0 Å². The van der Waals surface area contributed by atoms with E-state index in [9.17, 15) is 4.57 Å². The van der Waals surface area contributed by atoms with Crippen LogP contribution in [0.2, 0.25) is 0 Å². The van der Waals surface area contributed by atoms with E-state index in [0.29, 0.717) is 0 Å². The Morgan fingerprint density at radius 2 is 0.812 bits per heavy atom. The Hall–Kier alpha value is 0.0700. The Balaban J connectivity index is 0. The van der Waals surface area contributed by atoms with Crippen LogP contribution in [-0.4, -0.2) is 22.9 Å². The van der Waals surface area contributed by atoms with Crippen molar-refractivity contribution in [3.8, 4) is 0 Å². The second-order valence-corrected chi connectivity index (χ2v) is 10.4. The minimum absolute atomic E-state index is 0.169. The van der Waals surface area contributed by atoms with Crippen molar-refractivity contribution in [1.29, 1.82) is 0 Å². The molecule has 0 rings (SSSR count). The summed E-state index contributed by atoms with van der Waals surface area (Å²) in [5.41, 5.74) is 5.34. The SMILES string of the molecule is CCCCCCCCCCCCCCCCCCOP(=O)(O)O.CCCCCCCCN. The van der Waals surface area contributed by atoms with Gasteiger partial charge in [-0.05, 0) is 19.4 Å². The molecule has 0 radical (unpaired) electrons. The molecule has 0 unspecified atom stereocenters. The summed E-state index contributed by atoms with van der Waals surface area (Å²) in [7, 11) is -4.26. The molecule has 6 heteroatoms. The summed E-state index contributed by atoms with van der Waals surface area (Å²) in [5, 5.41) is 0. The van der Waals surface area contributed by atoms with Crippen molar-refractivity contribution in [3.63, 3.8) is 0 Å². The zero-order chi connectivity index (χ0) is 24.2. The zero-order valence-corrected chi connectivity index (χ0v) is 22.6. The molecule has 0 bridgehead atoms. The highest BCUT2D eigenvalue weighted by atomic mass is 31.2. The normalized spacial score (nSPS) is 11.4. The Kier molecular flexibility index (Phi) is 31.1. The van der Waals surface area contributed by atoms with Gasteiger partial charge in [0.25, 0.3) is 0 Å². The first-order valence-electron chi connectivity index (χ1n) is 13.9. The predicted molar refractivity (Wildman–Crippen MR) is 140 cm³/mol. The number of hydrogen-bond acceptors (Lipinski definition) is 3. The Bertz CT molecular complexity index is 371. The first-order chi connectivity index (χ1) is 15.5. The number of nitrogens with two attached hydrogens (primary N) is 1. The topological polar surface area (TPSA) is 92.8 Å². The predicted octanol–water partition coefficient (Wildman–Crippen LogP) is 8.66. The fourth-order valence-electron chi connectivity index (χ4n) is 3.76. The Morgan fingerprint density at radius 3 is 1.09 bits per heavy atom. The van der Waals surface area contributed by atoms with Crippen LogP contribution in [-0.2, 0) is 9.09 Å². The van der Waals surface area contributed by atoms with Crippen LogP contribution in [0, 0.1) is 0 Å². The van der Waals surface area contributed by atoms with Gasteiger partial charge in [-0.3, -0.25) is 4.52 Å². The molecule has 0 aromatic heterocycles. The molecular weight excluding hydrogens is 421 g/mol. The van der Waals surface area contributed by atoms with E-state index in [0.717, 1.165) is 25.8 Å². The summed E-state index contributed by atoms with van der Waals surface area (Å²) in [6, 6.07) is 0. The fourth-order valence-corrected chi connectivity index (χ4v) is 4.13. The summed E-state index contributed by atoms with van der Waals surface area (Å²) < 4.78 is 14.9. The average molecular weight is 480 g/mol. The van der Waals surface area contributed by atoms with Crippen LogP contribution in [0.1, 0.15) is 155 Å². The molecule has 0 aliphatic rings. The van der Waals surface area contributed by atoms with Gasteiger partial charge >= 0.3 is 7.82 Å². The van der Waals surface area contributed by atoms with Gasteiger partial charge in [0, 0.05) is 0 Å². The van der Waals surface area contributed by atoms with Gasteiger partial charge in [0.05, 0.1) is 6.61 Å². The lowest BCUT2D eigenvalue weighted by molar-refractivity contribution is 0.193. The van der Waals surface area contributed by atoms with E-state index in [-0.39, 0.29) is 6.61 Å². The summed E-state index contributed by atoms with van der Waals surface area (Å²) in [5.74, 6) is 0. The summed E-state index contributed by atoms with van der Waals surface area (Å²) in [4.78, 5) is 17.1. The third-order valence-electron chi connectivity index (χ3n) is 5.82. The molecule has 4 N–H and O–H groups in total. The van der Waals surface area contributed by atoms with Crippen LogP contribution in [0.25, 0.3) is 0 Å². The summed E-state index contributed by atoms with van der Waals surface area (Å²) >= 11 is 0. The molecule has 0 aromatic carbocycles.